The van der Waals surface area contributed by atoms with Gasteiger partial charge < -0.3 is 15.4 Å². The fourth-order valence-corrected chi connectivity index (χ4v) is 3.91. The van der Waals surface area contributed by atoms with E-state index in [-0.39, 0.29) is 5.41 Å². The van der Waals surface area contributed by atoms with Crippen LogP contribution in [0, 0.1) is 11.3 Å². The molecule has 2 aliphatic carbocycles. The third-order valence-electron chi connectivity index (χ3n) is 5.43. The van der Waals surface area contributed by atoms with Crippen molar-refractivity contribution in [2.24, 2.45) is 22.1 Å². The van der Waals surface area contributed by atoms with E-state index in [4.69, 9.17) is 15.5 Å². The Hall–Kier alpha value is -0.770. The normalized spacial score (nSPS) is 33.9. The van der Waals surface area contributed by atoms with Gasteiger partial charge in [0.2, 0.25) is 0 Å². The molecule has 0 aromatic heterocycles. The molecule has 0 amide bonds. The first-order valence-electron chi connectivity index (χ1n) is 7.60. The third kappa shape index (κ3) is 2.24. The number of methoxy groups -OCH3 is 1. The van der Waals surface area contributed by atoms with E-state index in [0.29, 0.717) is 30.1 Å². The Morgan fingerprint density at radius 2 is 1.95 bits per heavy atom. The Kier molecular flexibility index (Phi) is 4.09. The van der Waals surface area contributed by atoms with E-state index < -0.39 is 0 Å². The maximum atomic E-state index is 6.18. The number of nitrogens with two attached hydrogens (primary N) is 1. The number of rotatable bonds is 5. The van der Waals surface area contributed by atoms with Gasteiger partial charge in [-0.15, -0.1) is 0 Å². The number of ether oxygens (including phenoxy) is 1. The molecule has 2 rings (SSSR count). The predicted molar refractivity (Wildman–Crippen MR) is 79.2 cm³/mol. The van der Waals surface area contributed by atoms with Crippen molar-refractivity contribution in [3.8, 4) is 0 Å². The molecule has 0 bridgehead atoms. The maximum Gasteiger partial charge on any atom is 0.191 e. The summed E-state index contributed by atoms with van der Waals surface area (Å²) in [5.74, 6) is 1.16. The Bertz CT molecular complexity index is 347. The highest BCUT2D eigenvalue weighted by atomic mass is 16.5. The van der Waals surface area contributed by atoms with E-state index in [1.165, 1.54) is 12.8 Å². The van der Waals surface area contributed by atoms with Gasteiger partial charge in [-0.1, -0.05) is 20.8 Å². The van der Waals surface area contributed by atoms with Crippen LogP contribution in [0.25, 0.3) is 0 Å². The summed E-state index contributed by atoms with van der Waals surface area (Å²) < 4.78 is 5.70. The molecular weight excluding hydrogens is 238 g/mol. The van der Waals surface area contributed by atoms with E-state index in [1.54, 1.807) is 0 Å². The minimum absolute atomic E-state index is 0.170. The van der Waals surface area contributed by atoms with E-state index in [2.05, 4.69) is 32.7 Å². The Balaban J connectivity index is 2.15. The number of hydrogen-bond acceptors (Lipinski definition) is 2. The predicted octanol–water partition coefficient (Wildman–Crippen LogP) is 2.24. The highest BCUT2D eigenvalue weighted by molar-refractivity contribution is 5.78. The zero-order valence-corrected chi connectivity index (χ0v) is 13.0. The lowest BCUT2D eigenvalue weighted by molar-refractivity contribution is -0.156. The van der Waals surface area contributed by atoms with Gasteiger partial charge in [-0.2, -0.15) is 0 Å². The summed E-state index contributed by atoms with van der Waals surface area (Å²) in [7, 11) is 3.88. The molecule has 0 aliphatic heterocycles. The molecule has 2 aliphatic rings. The molecule has 110 valence electrons. The molecule has 0 saturated heterocycles. The quantitative estimate of drug-likeness (QED) is 0.614. The Labute approximate surface area is 117 Å². The molecule has 0 heterocycles. The molecule has 0 aromatic rings. The monoisotopic (exact) mass is 267 g/mol. The second-order valence-electron chi connectivity index (χ2n) is 6.23. The van der Waals surface area contributed by atoms with Crippen molar-refractivity contribution in [3.05, 3.63) is 0 Å². The topological polar surface area (TPSA) is 50.8 Å². The molecule has 4 nitrogen and oxygen atoms in total. The fraction of sp³-hybridized carbons (Fsp3) is 0.933. The molecule has 3 unspecified atom stereocenters. The fourth-order valence-electron chi connectivity index (χ4n) is 3.91. The Morgan fingerprint density at radius 3 is 2.37 bits per heavy atom. The molecule has 3 atom stereocenters. The SMILES string of the molecule is CCC1(CC)C(N=C(N)N(C)C2CC2)C(C)C1OC. The van der Waals surface area contributed by atoms with Crippen molar-refractivity contribution in [1.82, 2.24) is 4.90 Å². The molecule has 2 fully saturated rings. The lowest BCUT2D eigenvalue weighted by Crippen LogP contribution is -2.63. The highest BCUT2D eigenvalue weighted by Crippen LogP contribution is 2.54. The molecule has 2 saturated carbocycles. The minimum Gasteiger partial charge on any atom is -0.380 e. The summed E-state index contributed by atoms with van der Waals surface area (Å²) in [5.41, 5.74) is 6.35. The lowest BCUT2D eigenvalue weighted by Gasteiger charge is -2.58. The van der Waals surface area contributed by atoms with Crippen LogP contribution < -0.4 is 5.73 Å². The summed E-state index contributed by atoms with van der Waals surface area (Å²) in [5, 5.41) is 0. The van der Waals surface area contributed by atoms with E-state index in [0.717, 1.165) is 12.8 Å². The second kappa shape index (κ2) is 5.31. The zero-order chi connectivity index (χ0) is 14.2. The Morgan fingerprint density at radius 1 is 1.37 bits per heavy atom. The number of aliphatic imine (C=N–C) groups is 1. The summed E-state index contributed by atoms with van der Waals surface area (Å²) >= 11 is 0. The summed E-state index contributed by atoms with van der Waals surface area (Å²) in [4.78, 5) is 7.00. The van der Waals surface area contributed by atoms with Gasteiger partial charge in [-0.3, -0.25) is 0 Å². The second-order valence-corrected chi connectivity index (χ2v) is 6.23. The standard InChI is InChI=1S/C15H29N3O/c1-6-15(7-2)12(10(3)13(15)19-5)17-14(16)18(4)11-8-9-11/h10-13H,6-9H2,1-5H3,(H2,16,17). The van der Waals surface area contributed by atoms with Crippen molar-refractivity contribution in [2.45, 2.75) is 64.6 Å². The van der Waals surface area contributed by atoms with Crippen molar-refractivity contribution < 1.29 is 4.74 Å². The smallest absolute Gasteiger partial charge is 0.191 e. The van der Waals surface area contributed by atoms with Crippen molar-refractivity contribution in [3.63, 3.8) is 0 Å². The van der Waals surface area contributed by atoms with Crippen LogP contribution in [0.4, 0.5) is 0 Å². The van der Waals surface area contributed by atoms with Crippen LogP contribution in [0.3, 0.4) is 0 Å². The van der Waals surface area contributed by atoms with Crippen LogP contribution in [0.1, 0.15) is 46.5 Å². The van der Waals surface area contributed by atoms with Crippen LogP contribution in [0.5, 0.6) is 0 Å². The van der Waals surface area contributed by atoms with Crippen LogP contribution in [-0.4, -0.2) is 43.2 Å². The lowest BCUT2D eigenvalue weighted by atomic mass is 9.53. The van der Waals surface area contributed by atoms with Gasteiger partial charge in [-0.25, -0.2) is 4.99 Å². The van der Waals surface area contributed by atoms with E-state index in [1.807, 2.05) is 7.11 Å². The summed E-state index contributed by atoms with van der Waals surface area (Å²) in [6.07, 6.45) is 5.01. The van der Waals surface area contributed by atoms with Gasteiger partial charge in [0.05, 0.1) is 12.1 Å². The van der Waals surface area contributed by atoms with Gasteiger partial charge in [-0.05, 0) is 25.7 Å². The molecule has 19 heavy (non-hydrogen) atoms. The first-order chi connectivity index (χ1) is 9.01. The van der Waals surface area contributed by atoms with Crippen LogP contribution in [0.15, 0.2) is 4.99 Å². The first kappa shape index (κ1) is 14.6. The minimum atomic E-state index is 0.170. The molecule has 0 aromatic carbocycles. The molecule has 0 radical (unpaired) electrons. The van der Waals surface area contributed by atoms with Gasteiger partial charge >= 0.3 is 0 Å². The zero-order valence-electron chi connectivity index (χ0n) is 13.0. The summed E-state index contributed by atoms with van der Waals surface area (Å²) in [6.45, 7) is 6.71. The number of nitrogens with zero attached hydrogens (tertiary/aromatic N) is 2. The first-order valence-corrected chi connectivity index (χ1v) is 7.60. The summed E-state index contributed by atoms with van der Waals surface area (Å²) in [6, 6.07) is 0.920. The van der Waals surface area contributed by atoms with E-state index in [9.17, 15) is 0 Å². The largest absolute Gasteiger partial charge is 0.380 e. The third-order valence-corrected chi connectivity index (χ3v) is 5.43. The molecular formula is C15H29N3O. The van der Waals surface area contributed by atoms with Crippen molar-refractivity contribution in [2.75, 3.05) is 14.2 Å². The van der Waals surface area contributed by atoms with Crippen molar-refractivity contribution >= 4 is 5.96 Å². The van der Waals surface area contributed by atoms with Gasteiger partial charge in [0.1, 0.15) is 0 Å². The van der Waals surface area contributed by atoms with Gasteiger partial charge in [0, 0.05) is 31.5 Å². The molecule has 0 spiro atoms. The number of hydrogen-bond donors (Lipinski definition) is 1. The molecule has 2 N–H and O–H groups in total. The van der Waals surface area contributed by atoms with Crippen LogP contribution in [-0.2, 0) is 4.74 Å². The molecule has 4 heteroatoms. The maximum absolute atomic E-state index is 6.18. The average Bonchev–Trinajstić information content (AvgIpc) is 3.24. The van der Waals surface area contributed by atoms with Gasteiger partial charge in [0.25, 0.3) is 0 Å². The van der Waals surface area contributed by atoms with Gasteiger partial charge in [0.15, 0.2) is 5.96 Å². The van der Waals surface area contributed by atoms with E-state index >= 15 is 0 Å². The van der Waals surface area contributed by atoms with Crippen molar-refractivity contribution in [1.29, 1.82) is 0 Å². The average molecular weight is 267 g/mol. The van der Waals surface area contributed by atoms with Crippen LogP contribution in [0.2, 0.25) is 0 Å². The van der Waals surface area contributed by atoms with Crippen LogP contribution >= 0.6 is 0 Å². The number of guanidine groups is 1. The highest BCUT2D eigenvalue weighted by Gasteiger charge is 2.58.